The van der Waals surface area contributed by atoms with Crippen LogP contribution in [0.2, 0.25) is 0 Å². The fraction of sp³-hybridized carbons (Fsp3) is 0.156. The van der Waals surface area contributed by atoms with Crippen LogP contribution >= 0.6 is 0 Å². The number of Topliss-reactive ketones (excluding diaryl/α,β-unsaturated/α-hetero) is 1. The standard InChI is InChI=1S/C32H27N7O4/c1-3-23(37-29-27-28(34-17-33-27)35-18-36-29)30-38-24-11-7-8-21(26(24)31(41)39(30)22-9-5-4-6-10-22)16-25(40)19-12-14-20(15-13-19)32(42)43-2/h4-15,17-18,23H,3,16H2,1-2H3,(H2,33,34,35,36,37)/t23-/m0/s1. The summed E-state index contributed by atoms with van der Waals surface area (Å²) in [6.45, 7) is 2.00. The van der Waals surface area contributed by atoms with Crippen LogP contribution < -0.4 is 10.9 Å². The lowest BCUT2D eigenvalue weighted by Gasteiger charge is -2.22. The molecule has 3 aromatic heterocycles. The number of nitrogens with zero attached hydrogens (tertiary/aromatic N) is 5. The summed E-state index contributed by atoms with van der Waals surface area (Å²) in [6, 6.07) is 20.5. The molecule has 0 aliphatic heterocycles. The quantitative estimate of drug-likeness (QED) is 0.184. The number of H-pyrrole nitrogens is 1. The minimum Gasteiger partial charge on any atom is -0.465 e. The molecule has 0 aliphatic rings. The van der Waals surface area contributed by atoms with Gasteiger partial charge < -0.3 is 15.0 Å². The highest BCUT2D eigenvalue weighted by Gasteiger charge is 2.23. The Morgan fingerprint density at radius 1 is 0.953 bits per heavy atom. The minimum absolute atomic E-state index is 0.0197. The maximum Gasteiger partial charge on any atom is 0.337 e. The van der Waals surface area contributed by atoms with Crippen molar-refractivity contribution in [3.8, 4) is 5.69 Å². The molecule has 11 heteroatoms. The van der Waals surface area contributed by atoms with Crippen LogP contribution in [-0.4, -0.2) is 48.3 Å². The van der Waals surface area contributed by atoms with E-state index in [1.807, 2.05) is 37.3 Å². The number of aromatic amines is 1. The molecule has 6 rings (SSSR count). The molecular formula is C32H27N7O4. The second kappa shape index (κ2) is 11.6. The number of rotatable bonds is 9. The van der Waals surface area contributed by atoms with Crippen molar-refractivity contribution in [3.05, 3.63) is 118 Å². The fourth-order valence-electron chi connectivity index (χ4n) is 5.10. The summed E-state index contributed by atoms with van der Waals surface area (Å²) in [4.78, 5) is 60.3. The van der Waals surface area contributed by atoms with E-state index >= 15 is 0 Å². The average molecular weight is 574 g/mol. The Labute approximate surface area is 245 Å². The number of nitrogens with one attached hydrogen (secondary N) is 2. The van der Waals surface area contributed by atoms with Gasteiger partial charge in [-0.3, -0.25) is 14.2 Å². The molecule has 0 saturated carbocycles. The van der Waals surface area contributed by atoms with Gasteiger partial charge in [-0.1, -0.05) is 49.4 Å². The van der Waals surface area contributed by atoms with Gasteiger partial charge in [0, 0.05) is 12.0 Å². The molecule has 0 fully saturated rings. The van der Waals surface area contributed by atoms with E-state index in [-0.39, 0.29) is 17.8 Å². The Morgan fingerprint density at radius 2 is 1.72 bits per heavy atom. The maximum absolute atomic E-state index is 14.4. The molecule has 6 aromatic rings. The lowest BCUT2D eigenvalue weighted by atomic mass is 9.99. The SMILES string of the molecule is CC[C@H](Nc1ncnc2nc[nH]c12)c1nc2cccc(CC(=O)c3ccc(C(=O)OC)cc3)c2c(=O)n1-c1ccccc1. The number of hydrogen-bond acceptors (Lipinski definition) is 9. The van der Waals surface area contributed by atoms with Crippen molar-refractivity contribution in [1.82, 2.24) is 29.5 Å². The molecule has 0 spiro atoms. The third kappa shape index (κ3) is 5.23. The smallest absolute Gasteiger partial charge is 0.337 e. The van der Waals surface area contributed by atoms with Crippen molar-refractivity contribution >= 4 is 39.6 Å². The van der Waals surface area contributed by atoms with E-state index in [0.717, 1.165) is 0 Å². The Morgan fingerprint density at radius 3 is 2.47 bits per heavy atom. The van der Waals surface area contributed by atoms with Crippen molar-refractivity contribution in [2.24, 2.45) is 0 Å². The van der Waals surface area contributed by atoms with Crippen molar-refractivity contribution in [2.45, 2.75) is 25.8 Å². The van der Waals surface area contributed by atoms with Crippen LogP contribution in [0, 0.1) is 0 Å². The second-order valence-electron chi connectivity index (χ2n) is 9.85. The summed E-state index contributed by atoms with van der Waals surface area (Å²) in [7, 11) is 1.30. The lowest BCUT2D eigenvalue weighted by molar-refractivity contribution is 0.0600. The van der Waals surface area contributed by atoms with Gasteiger partial charge in [0.05, 0.1) is 41.6 Å². The first-order valence-electron chi connectivity index (χ1n) is 13.7. The summed E-state index contributed by atoms with van der Waals surface area (Å²) < 4.78 is 6.33. The number of imidazole rings is 1. The normalized spacial score (nSPS) is 11.9. The molecule has 214 valence electrons. The first-order valence-corrected chi connectivity index (χ1v) is 13.7. The largest absolute Gasteiger partial charge is 0.465 e. The number of hydrogen-bond donors (Lipinski definition) is 2. The van der Waals surface area contributed by atoms with Crippen LogP contribution in [0.25, 0.3) is 27.8 Å². The van der Waals surface area contributed by atoms with Gasteiger partial charge in [-0.2, -0.15) is 0 Å². The van der Waals surface area contributed by atoms with Crippen LogP contribution in [0.3, 0.4) is 0 Å². The molecule has 43 heavy (non-hydrogen) atoms. The van der Waals surface area contributed by atoms with E-state index in [4.69, 9.17) is 9.72 Å². The Bertz CT molecular complexity index is 2020. The van der Waals surface area contributed by atoms with Crippen molar-refractivity contribution in [3.63, 3.8) is 0 Å². The molecule has 0 unspecified atom stereocenters. The van der Waals surface area contributed by atoms with Crippen LogP contribution in [-0.2, 0) is 11.2 Å². The van der Waals surface area contributed by atoms with Crippen LogP contribution in [0.1, 0.15) is 51.5 Å². The molecule has 11 nitrogen and oxygen atoms in total. The van der Waals surface area contributed by atoms with Gasteiger partial charge in [-0.15, -0.1) is 0 Å². The predicted octanol–water partition coefficient (Wildman–Crippen LogP) is 4.83. The molecule has 0 bridgehead atoms. The highest BCUT2D eigenvalue weighted by atomic mass is 16.5. The van der Waals surface area contributed by atoms with E-state index in [1.165, 1.54) is 13.4 Å². The first kappa shape index (κ1) is 27.5. The van der Waals surface area contributed by atoms with Crippen molar-refractivity contribution < 1.29 is 14.3 Å². The van der Waals surface area contributed by atoms with Gasteiger partial charge in [0.25, 0.3) is 5.56 Å². The van der Waals surface area contributed by atoms with Crippen LogP contribution in [0.4, 0.5) is 5.82 Å². The average Bonchev–Trinajstić information content (AvgIpc) is 3.53. The second-order valence-corrected chi connectivity index (χ2v) is 9.85. The van der Waals surface area contributed by atoms with Crippen LogP contribution in [0.15, 0.2) is 90.2 Å². The highest BCUT2D eigenvalue weighted by Crippen LogP contribution is 2.27. The number of esters is 1. The van der Waals surface area contributed by atoms with E-state index < -0.39 is 12.0 Å². The van der Waals surface area contributed by atoms with E-state index in [9.17, 15) is 14.4 Å². The van der Waals surface area contributed by atoms with Gasteiger partial charge in [-0.25, -0.2) is 24.7 Å². The van der Waals surface area contributed by atoms with Gasteiger partial charge >= 0.3 is 5.97 Å². The summed E-state index contributed by atoms with van der Waals surface area (Å²) >= 11 is 0. The summed E-state index contributed by atoms with van der Waals surface area (Å²) in [6.07, 6.45) is 3.55. The first-order chi connectivity index (χ1) is 21.0. The van der Waals surface area contributed by atoms with E-state index in [2.05, 4.69) is 25.3 Å². The molecule has 1 atom stereocenters. The van der Waals surface area contributed by atoms with Crippen LogP contribution in [0.5, 0.6) is 0 Å². The number of methoxy groups -OCH3 is 1. The number of para-hydroxylation sites is 1. The molecule has 0 saturated heterocycles. The van der Waals surface area contributed by atoms with Gasteiger partial charge in [0.1, 0.15) is 17.7 Å². The zero-order chi connectivity index (χ0) is 29.9. The lowest BCUT2D eigenvalue weighted by Crippen LogP contribution is -2.29. The zero-order valence-electron chi connectivity index (χ0n) is 23.4. The molecule has 0 amide bonds. The monoisotopic (exact) mass is 573 g/mol. The number of fused-ring (bicyclic) bond motifs is 2. The number of benzene rings is 3. The zero-order valence-corrected chi connectivity index (χ0v) is 23.4. The molecule has 0 aliphatic carbocycles. The van der Waals surface area contributed by atoms with Gasteiger partial charge in [0.15, 0.2) is 17.2 Å². The molecule has 3 aromatic carbocycles. The third-order valence-electron chi connectivity index (χ3n) is 7.26. The summed E-state index contributed by atoms with van der Waals surface area (Å²) in [5.74, 6) is 0.365. The van der Waals surface area contributed by atoms with E-state index in [1.54, 1.807) is 53.4 Å². The summed E-state index contributed by atoms with van der Waals surface area (Å²) in [5, 5.41) is 3.79. The summed E-state index contributed by atoms with van der Waals surface area (Å²) in [5.41, 5.74) is 3.34. The highest BCUT2D eigenvalue weighted by molar-refractivity contribution is 6.00. The number of carbonyl (C=O) groups is 2. The Hall–Kier alpha value is -5.71. The number of aromatic nitrogens is 6. The van der Waals surface area contributed by atoms with Crippen molar-refractivity contribution in [1.29, 1.82) is 0 Å². The predicted molar refractivity (Wildman–Crippen MR) is 161 cm³/mol. The third-order valence-corrected chi connectivity index (χ3v) is 7.26. The molecule has 3 heterocycles. The van der Waals surface area contributed by atoms with Gasteiger partial charge in [-0.05, 0) is 42.3 Å². The fourth-order valence-corrected chi connectivity index (χ4v) is 5.10. The molecule has 2 N–H and O–H groups in total. The molecule has 0 radical (unpaired) electrons. The topological polar surface area (TPSA) is 145 Å². The minimum atomic E-state index is -0.482. The van der Waals surface area contributed by atoms with Crippen molar-refractivity contribution in [2.75, 3.05) is 12.4 Å². The number of anilines is 1. The maximum atomic E-state index is 14.4. The molecular weight excluding hydrogens is 546 g/mol. The van der Waals surface area contributed by atoms with E-state index in [0.29, 0.717) is 62.5 Å². The number of ether oxygens (including phenoxy) is 1. The number of ketones is 1. The van der Waals surface area contributed by atoms with Gasteiger partial charge in [0.2, 0.25) is 0 Å². The number of carbonyl (C=O) groups excluding carboxylic acids is 2. The Balaban J connectivity index is 1.45. The Kier molecular flexibility index (Phi) is 7.44.